The van der Waals surface area contributed by atoms with Crippen LogP contribution in [0.15, 0.2) is 48.7 Å². The van der Waals surface area contributed by atoms with E-state index in [1.807, 2.05) is 30.3 Å². The third-order valence-corrected chi connectivity index (χ3v) is 3.79. The lowest BCUT2D eigenvalue weighted by atomic mass is 10.2. The molecular weight excluding hydrogens is 308 g/mol. The lowest BCUT2D eigenvalue weighted by Gasteiger charge is -2.22. The molecule has 0 saturated carbocycles. The third kappa shape index (κ3) is 3.90. The van der Waals surface area contributed by atoms with E-state index in [-0.39, 0.29) is 25.2 Å². The van der Waals surface area contributed by atoms with Gasteiger partial charge in [-0.15, -0.1) is 0 Å². The van der Waals surface area contributed by atoms with Crippen molar-refractivity contribution >= 4 is 11.6 Å². The van der Waals surface area contributed by atoms with Crippen molar-refractivity contribution in [1.29, 1.82) is 0 Å². The molecule has 0 bridgehead atoms. The van der Waals surface area contributed by atoms with Gasteiger partial charge >= 0.3 is 0 Å². The van der Waals surface area contributed by atoms with Crippen LogP contribution in [0.1, 0.15) is 16.8 Å². The van der Waals surface area contributed by atoms with Gasteiger partial charge in [-0.25, -0.2) is 4.98 Å². The number of aromatic nitrogens is 1. The maximum Gasteiger partial charge on any atom is 0.258 e. The Morgan fingerprint density at radius 3 is 2.88 bits per heavy atom. The molecule has 1 aliphatic heterocycles. The van der Waals surface area contributed by atoms with E-state index in [1.165, 1.54) is 4.90 Å². The largest absolute Gasteiger partial charge is 0.472 e. The number of carbonyl (C=O) groups excluding carboxylic acids is 1. The van der Waals surface area contributed by atoms with Gasteiger partial charge in [-0.05, 0) is 18.2 Å². The topological polar surface area (TPSA) is 71.9 Å². The average molecular weight is 328 g/mol. The molecule has 1 aromatic heterocycles. The first-order chi connectivity index (χ1) is 11.8. The Morgan fingerprint density at radius 2 is 2.17 bits per heavy atom. The monoisotopic (exact) mass is 328 g/mol. The zero-order valence-corrected chi connectivity index (χ0v) is 13.3. The number of rotatable bonds is 6. The van der Waals surface area contributed by atoms with Crippen molar-refractivity contribution in [1.82, 2.24) is 4.98 Å². The van der Waals surface area contributed by atoms with Crippen LogP contribution in [0.2, 0.25) is 0 Å². The van der Waals surface area contributed by atoms with Crippen LogP contribution in [-0.2, 0) is 4.74 Å². The molecule has 1 atom stereocenters. The highest BCUT2D eigenvalue weighted by Crippen LogP contribution is 2.20. The summed E-state index contributed by atoms with van der Waals surface area (Å²) in [6.45, 7) is 1.33. The van der Waals surface area contributed by atoms with Crippen molar-refractivity contribution in [3.05, 3.63) is 54.2 Å². The predicted molar refractivity (Wildman–Crippen MR) is 89.3 cm³/mol. The van der Waals surface area contributed by atoms with Gasteiger partial charge in [0.2, 0.25) is 5.88 Å². The molecule has 1 unspecified atom stereocenters. The molecule has 1 saturated heterocycles. The summed E-state index contributed by atoms with van der Waals surface area (Å²) in [6.07, 6.45) is 2.35. The summed E-state index contributed by atoms with van der Waals surface area (Å²) in [5, 5.41) is 9.29. The van der Waals surface area contributed by atoms with Crippen LogP contribution in [0.3, 0.4) is 0 Å². The number of amides is 1. The second kappa shape index (κ2) is 7.90. The number of carbonyl (C=O) groups is 1. The molecule has 1 N–H and O–H groups in total. The van der Waals surface area contributed by atoms with E-state index in [0.717, 1.165) is 12.1 Å². The molecule has 126 valence electrons. The fraction of sp³-hybridized carbons (Fsp3) is 0.333. The van der Waals surface area contributed by atoms with E-state index in [4.69, 9.17) is 9.47 Å². The number of pyridine rings is 1. The Hall–Kier alpha value is -2.44. The maximum absolute atomic E-state index is 12.8. The molecule has 0 aliphatic carbocycles. The van der Waals surface area contributed by atoms with Crippen LogP contribution in [0.5, 0.6) is 5.88 Å². The number of anilines is 1. The van der Waals surface area contributed by atoms with Gasteiger partial charge in [-0.3, -0.25) is 4.79 Å². The van der Waals surface area contributed by atoms with E-state index in [0.29, 0.717) is 24.7 Å². The molecular formula is C18H20N2O4. The molecule has 2 heterocycles. The number of nitrogens with zero attached hydrogens (tertiary/aromatic N) is 2. The summed E-state index contributed by atoms with van der Waals surface area (Å²) in [5.74, 6) is 0.207. The number of hydrogen-bond acceptors (Lipinski definition) is 5. The molecule has 0 spiro atoms. The van der Waals surface area contributed by atoms with Crippen LogP contribution in [0.4, 0.5) is 5.69 Å². The van der Waals surface area contributed by atoms with Gasteiger partial charge in [-0.1, -0.05) is 18.2 Å². The Morgan fingerprint density at radius 1 is 1.33 bits per heavy atom. The van der Waals surface area contributed by atoms with E-state index in [1.54, 1.807) is 18.3 Å². The quantitative estimate of drug-likeness (QED) is 0.877. The zero-order chi connectivity index (χ0) is 16.8. The second-order valence-electron chi connectivity index (χ2n) is 5.50. The molecule has 3 rings (SSSR count). The van der Waals surface area contributed by atoms with Gasteiger partial charge in [0.1, 0.15) is 6.10 Å². The van der Waals surface area contributed by atoms with Crippen LogP contribution in [0.25, 0.3) is 0 Å². The molecule has 1 aromatic carbocycles. The minimum Gasteiger partial charge on any atom is -0.472 e. The Balaban J connectivity index is 1.79. The number of aliphatic hydroxyl groups is 1. The third-order valence-electron chi connectivity index (χ3n) is 3.79. The first-order valence-electron chi connectivity index (χ1n) is 7.96. The second-order valence-corrected chi connectivity index (χ2v) is 5.50. The number of benzene rings is 1. The van der Waals surface area contributed by atoms with Gasteiger partial charge in [0.25, 0.3) is 5.91 Å². The van der Waals surface area contributed by atoms with Crippen LogP contribution >= 0.6 is 0 Å². The molecule has 6 heteroatoms. The van der Waals surface area contributed by atoms with Crippen molar-refractivity contribution in [2.75, 3.05) is 31.3 Å². The van der Waals surface area contributed by atoms with E-state index < -0.39 is 0 Å². The fourth-order valence-corrected chi connectivity index (χ4v) is 2.60. The molecule has 1 aliphatic rings. The summed E-state index contributed by atoms with van der Waals surface area (Å²) >= 11 is 0. The van der Waals surface area contributed by atoms with Crippen LogP contribution in [0, 0.1) is 0 Å². The molecule has 0 radical (unpaired) electrons. The van der Waals surface area contributed by atoms with Gasteiger partial charge < -0.3 is 19.5 Å². The maximum atomic E-state index is 12.8. The SMILES string of the molecule is O=C(c1ccnc(OC2CCOC2)c1)N(CCO)c1ccccc1. The van der Waals surface area contributed by atoms with Gasteiger partial charge in [0.05, 0.1) is 19.8 Å². The Bertz CT molecular complexity index is 672. The smallest absolute Gasteiger partial charge is 0.258 e. The number of para-hydroxylation sites is 1. The first kappa shape index (κ1) is 16.4. The van der Waals surface area contributed by atoms with Gasteiger partial charge in [0, 0.05) is 36.5 Å². The van der Waals surface area contributed by atoms with Crippen molar-refractivity contribution in [3.63, 3.8) is 0 Å². The fourth-order valence-electron chi connectivity index (χ4n) is 2.60. The summed E-state index contributed by atoms with van der Waals surface area (Å²) < 4.78 is 11.0. The van der Waals surface area contributed by atoms with Crippen molar-refractivity contribution in [3.8, 4) is 5.88 Å². The molecule has 6 nitrogen and oxygen atoms in total. The van der Waals surface area contributed by atoms with E-state index in [2.05, 4.69) is 4.98 Å². The van der Waals surface area contributed by atoms with Crippen LogP contribution < -0.4 is 9.64 Å². The lowest BCUT2D eigenvalue weighted by molar-refractivity contribution is 0.0979. The minimum atomic E-state index is -0.204. The summed E-state index contributed by atoms with van der Waals surface area (Å²) in [7, 11) is 0. The average Bonchev–Trinajstić information content (AvgIpc) is 3.13. The zero-order valence-electron chi connectivity index (χ0n) is 13.3. The molecule has 1 fully saturated rings. The standard InChI is InChI=1S/C18H20N2O4/c21-10-9-20(15-4-2-1-3-5-15)18(22)14-6-8-19-17(12-14)24-16-7-11-23-13-16/h1-6,8,12,16,21H,7,9-11,13H2. The lowest BCUT2D eigenvalue weighted by Crippen LogP contribution is -2.33. The summed E-state index contributed by atoms with van der Waals surface area (Å²) in [5.41, 5.74) is 1.20. The van der Waals surface area contributed by atoms with Crippen molar-refractivity contribution in [2.24, 2.45) is 0 Å². The summed E-state index contributed by atoms with van der Waals surface area (Å²) in [6, 6.07) is 12.5. The predicted octanol–water partition coefficient (Wildman–Crippen LogP) is 1.89. The highest BCUT2D eigenvalue weighted by Gasteiger charge is 2.20. The molecule has 24 heavy (non-hydrogen) atoms. The van der Waals surface area contributed by atoms with Crippen molar-refractivity contribution < 1.29 is 19.4 Å². The molecule has 1 amide bonds. The number of hydrogen-bond donors (Lipinski definition) is 1. The van der Waals surface area contributed by atoms with Gasteiger partial charge in [0.15, 0.2) is 0 Å². The van der Waals surface area contributed by atoms with Gasteiger partial charge in [-0.2, -0.15) is 0 Å². The number of ether oxygens (including phenoxy) is 2. The van der Waals surface area contributed by atoms with Crippen LogP contribution in [-0.4, -0.2) is 48.5 Å². The summed E-state index contributed by atoms with van der Waals surface area (Å²) in [4.78, 5) is 18.5. The van der Waals surface area contributed by atoms with E-state index >= 15 is 0 Å². The Labute approximate surface area is 140 Å². The normalized spacial score (nSPS) is 16.8. The molecule has 2 aromatic rings. The minimum absolute atomic E-state index is 0.0227. The number of aliphatic hydroxyl groups excluding tert-OH is 1. The highest BCUT2D eigenvalue weighted by atomic mass is 16.5. The highest BCUT2D eigenvalue weighted by molar-refractivity contribution is 6.06. The first-order valence-corrected chi connectivity index (χ1v) is 7.96. The van der Waals surface area contributed by atoms with E-state index in [9.17, 15) is 9.90 Å². The Kier molecular flexibility index (Phi) is 5.40. The van der Waals surface area contributed by atoms with Crippen molar-refractivity contribution in [2.45, 2.75) is 12.5 Å².